The first kappa shape index (κ1) is 13.9. The van der Waals surface area contributed by atoms with Crippen LogP contribution in [0, 0.1) is 5.82 Å². The third-order valence-corrected chi connectivity index (χ3v) is 3.39. The first-order valence-corrected chi connectivity index (χ1v) is 6.24. The fraction of sp³-hybridized carbons (Fsp3) is 0.0714. The Morgan fingerprint density at radius 1 is 1.05 bits per heavy atom. The van der Waals surface area contributed by atoms with Crippen LogP contribution in [0.3, 0.4) is 0 Å². The van der Waals surface area contributed by atoms with Crippen molar-refractivity contribution < 1.29 is 17.6 Å². The van der Waals surface area contributed by atoms with Gasteiger partial charge in [0.15, 0.2) is 11.3 Å². The summed E-state index contributed by atoms with van der Waals surface area (Å²) < 4.78 is 52.1. The monoisotopic (exact) mass is 314 g/mol. The lowest BCUT2D eigenvalue weighted by atomic mass is 10.1. The van der Waals surface area contributed by atoms with Crippen LogP contribution in [-0.2, 0) is 6.18 Å². The normalized spacial score (nSPS) is 12.0. The summed E-state index contributed by atoms with van der Waals surface area (Å²) in [5.41, 5.74) is 0.0791. The van der Waals surface area contributed by atoms with Crippen molar-refractivity contribution in [2.45, 2.75) is 6.18 Å². The van der Waals surface area contributed by atoms with Crippen LogP contribution in [0.5, 0.6) is 0 Å². The number of hydrogen-bond donors (Lipinski definition) is 0. The lowest BCUT2D eigenvalue weighted by Crippen LogP contribution is -2.04. The maximum atomic E-state index is 12.9. The summed E-state index contributed by atoms with van der Waals surface area (Å²) >= 11 is 6.13. The molecule has 3 aromatic rings. The largest absolute Gasteiger partial charge is 0.434 e. The van der Waals surface area contributed by atoms with Crippen molar-refractivity contribution in [3.63, 3.8) is 0 Å². The predicted octanol–water partition coefficient (Wildman–Crippen LogP) is 4.81. The van der Waals surface area contributed by atoms with Crippen LogP contribution in [-0.4, -0.2) is 9.38 Å². The lowest BCUT2D eigenvalue weighted by molar-refractivity contribution is -0.140. The zero-order valence-electron chi connectivity index (χ0n) is 10.3. The molecular formula is C14H7ClF4N2. The molecule has 1 aromatic carbocycles. The maximum absolute atomic E-state index is 12.9. The molecule has 21 heavy (non-hydrogen) atoms. The van der Waals surface area contributed by atoms with Crippen LogP contribution in [0.2, 0.25) is 5.02 Å². The zero-order chi connectivity index (χ0) is 15.2. The summed E-state index contributed by atoms with van der Waals surface area (Å²) in [5.74, 6) is -0.406. The van der Waals surface area contributed by atoms with Crippen molar-refractivity contribution in [3.05, 3.63) is 59.3 Å². The number of benzene rings is 1. The summed E-state index contributed by atoms with van der Waals surface area (Å²) in [5, 5.41) is 0.0830. The van der Waals surface area contributed by atoms with Gasteiger partial charge in [0.1, 0.15) is 5.82 Å². The fourth-order valence-corrected chi connectivity index (χ4v) is 2.32. The van der Waals surface area contributed by atoms with E-state index in [1.54, 1.807) is 6.07 Å². The minimum atomic E-state index is -4.54. The molecule has 0 radical (unpaired) electrons. The number of alkyl halides is 3. The van der Waals surface area contributed by atoms with E-state index in [1.807, 2.05) is 0 Å². The van der Waals surface area contributed by atoms with Gasteiger partial charge in [-0.25, -0.2) is 9.37 Å². The molecule has 0 atom stereocenters. The van der Waals surface area contributed by atoms with Crippen LogP contribution in [0.1, 0.15) is 5.69 Å². The molecule has 0 N–H and O–H groups in total. The second-order valence-corrected chi connectivity index (χ2v) is 4.78. The van der Waals surface area contributed by atoms with E-state index >= 15 is 0 Å². The van der Waals surface area contributed by atoms with Crippen LogP contribution in [0.15, 0.2) is 42.7 Å². The SMILES string of the molecule is Fc1ccc(-c2ccn3cc(C(F)(F)F)nc3c2Cl)cc1. The Balaban J connectivity index is 2.18. The molecule has 0 fully saturated rings. The molecule has 0 aliphatic carbocycles. The van der Waals surface area contributed by atoms with E-state index < -0.39 is 17.7 Å². The standard InChI is InChI=1S/C14H7ClF4N2/c15-12-10(8-1-3-9(16)4-2-8)5-6-21-7-11(14(17,18)19)20-13(12)21/h1-7H. The van der Waals surface area contributed by atoms with Crippen molar-refractivity contribution in [2.24, 2.45) is 0 Å². The van der Waals surface area contributed by atoms with Crippen LogP contribution in [0.4, 0.5) is 17.6 Å². The molecule has 3 rings (SSSR count). The van der Waals surface area contributed by atoms with Crippen molar-refractivity contribution in [2.75, 3.05) is 0 Å². The molecule has 0 saturated carbocycles. The second kappa shape index (κ2) is 4.73. The number of pyridine rings is 1. The molecule has 0 amide bonds. The second-order valence-electron chi connectivity index (χ2n) is 4.41. The molecule has 0 aliphatic rings. The van der Waals surface area contributed by atoms with Gasteiger partial charge in [-0.15, -0.1) is 0 Å². The molecule has 7 heteroatoms. The third-order valence-electron chi connectivity index (χ3n) is 3.01. The quantitative estimate of drug-likeness (QED) is 0.589. The highest BCUT2D eigenvalue weighted by Crippen LogP contribution is 2.34. The highest BCUT2D eigenvalue weighted by molar-refractivity contribution is 6.36. The third kappa shape index (κ3) is 2.47. The first-order valence-electron chi connectivity index (χ1n) is 5.86. The van der Waals surface area contributed by atoms with E-state index in [9.17, 15) is 17.6 Å². The average Bonchev–Trinajstić information content (AvgIpc) is 2.85. The van der Waals surface area contributed by atoms with Crippen molar-refractivity contribution in [3.8, 4) is 11.1 Å². The van der Waals surface area contributed by atoms with Gasteiger partial charge in [0.05, 0.1) is 5.02 Å². The van der Waals surface area contributed by atoms with Crippen LogP contribution in [0.25, 0.3) is 16.8 Å². The average molecular weight is 315 g/mol. The Labute approximate surface area is 121 Å². The number of imidazole rings is 1. The van der Waals surface area contributed by atoms with Crippen LogP contribution < -0.4 is 0 Å². The number of hydrogen-bond acceptors (Lipinski definition) is 1. The van der Waals surface area contributed by atoms with Gasteiger partial charge >= 0.3 is 6.18 Å². The minimum absolute atomic E-state index is 0.00539. The summed E-state index contributed by atoms with van der Waals surface area (Å²) in [6.45, 7) is 0. The van der Waals surface area contributed by atoms with Gasteiger partial charge in [-0.2, -0.15) is 13.2 Å². The molecule has 0 spiro atoms. The number of aromatic nitrogens is 2. The van der Waals surface area contributed by atoms with Gasteiger partial charge in [0, 0.05) is 18.0 Å². The summed E-state index contributed by atoms with van der Waals surface area (Å²) in [4.78, 5) is 3.52. The van der Waals surface area contributed by atoms with E-state index in [1.165, 1.54) is 34.9 Å². The lowest BCUT2D eigenvalue weighted by Gasteiger charge is -2.05. The molecular weight excluding hydrogens is 308 g/mol. The smallest absolute Gasteiger partial charge is 0.305 e. The molecule has 2 nitrogen and oxygen atoms in total. The van der Waals surface area contributed by atoms with Gasteiger partial charge in [0.25, 0.3) is 0 Å². The summed E-state index contributed by atoms with van der Waals surface area (Å²) in [6, 6.07) is 7.07. The van der Waals surface area contributed by atoms with E-state index in [0.29, 0.717) is 11.1 Å². The van der Waals surface area contributed by atoms with Gasteiger partial charge in [-0.1, -0.05) is 23.7 Å². The summed E-state index contributed by atoms with van der Waals surface area (Å²) in [6.07, 6.45) is -2.23. The Hall–Kier alpha value is -2.08. The van der Waals surface area contributed by atoms with Gasteiger partial charge < -0.3 is 4.40 Å². The molecule has 0 unspecified atom stereocenters. The molecule has 0 bridgehead atoms. The van der Waals surface area contributed by atoms with E-state index in [4.69, 9.17) is 11.6 Å². The van der Waals surface area contributed by atoms with E-state index in [0.717, 1.165) is 6.20 Å². The number of nitrogens with zero attached hydrogens (tertiary/aromatic N) is 2. The number of rotatable bonds is 1. The highest BCUT2D eigenvalue weighted by atomic mass is 35.5. The first-order chi connectivity index (χ1) is 9.86. The van der Waals surface area contributed by atoms with Crippen molar-refractivity contribution >= 4 is 17.2 Å². The fourth-order valence-electron chi connectivity index (χ4n) is 2.01. The topological polar surface area (TPSA) is 17.3 Å². The Morgan fingerprint density at radius 2 is 1.71 bits per heavy atom. The van der Waals surface area contributed by atoms with Gasteiger partial charge in [-0.05, 0) is 23.8 Å². The van der Waals surface area contributed by atoms with Crippen molar-refractivity contribution in [1.82, 2.24) is 9.38 Å². The predicted molar refractivity (Wildman–Crippen MR) is 70.6 cm³/mol. The Kier molecular flexibility index (Phi) is 3.13. The van der Waals surface area contributed by atoms with Crippen molar-refractivity contribution in [1.29, 1.82) is 0 Å². The van der Waals surface area contributed by atoms with E-state index in [-0.39, 0.29) is 10.7 Å². The number of halogens is 5. The highest BCUT2D eigenvalue weighted by Gasteiger charge is 2.34. The molecule has 0 aliphatic heterocycles. The van der Waals surface area contributed by atoms with Gasteiger partial charge in [-0.3, -0.25) is 0 Å². The molecule has 2 heterocycles. The number of fused-ring (bicyclic) bond motifs is 1. The minimum Gasteiger partial charge on any atom is -0.305 e. The maximum Gasteiger partial charge on any atom is 0.434 e. The zero-order valence-corrected chi connectivity index (χ0v) is 11.1. The Bertz CT molecular complexity index is 806. The molecule has 2 aromatic heterocycles. The summed E-state index contributed by atoms with van der Waals surface area (Å²) in [7, 11) is 0. The molecule has 108 valence electrons. The van der Waals surface area contributed by atoms with Crippen LogP contribution >= 0.6 is 11.6 Å². The Morgan fingerprint density at radius 3 is 2.33 bits per heavy atom. The molecule has 0 saturated heterocycles. The van der Waals surface area contributed by atoms with Gasteiger partial charge in [0.2, 0.25) is 0 Å². The van der Waals surface area contributed by atoms with E-state index in [2.05, 4.69) is 4.98 Å².